The number of sulfonamides is 1. The third kappa shape index (κ3) is 2.84. The van der Waals surface area contributed by atoms with Gasteiger partial charge >= 0.3 is 0 Å². The number of hydrogen-bond acceptors (Lipinski definition) is 3. The van der Waals surface area contributed by atoms with Crippen molar-refractivity contribution >= 4 is 10.0 Å². The molecule has 18 heavy (non-hydrogen) atoms. The van der Waals surface area contributed by atoms with Crippen LogP contribution in [0.2, 0.25) is 0 Å². The van der Waals surface area contributed by atoms with Gasteiger partial charge in [0.05, 0.1) is 6.10 Å². The summed E-state index contributed by atoms with van der Waals surface area (Å²) in [5.74, 6) is 0.634. The summed E-state index contributed by atoms with van der Waals surface area (Å²) < 4.78 is 28.9. The van der Waals surface area contributed by atoms with Crippen molar-refractivity contribution < 1.29 is 13.2 Å². The second-order valence-corrected chi connectivity index (χ2v) is 6.61. The fourth-order valence-electron chi connectivity index (χ4n) is 1.87. The molecule has 1 fully saturated rings. The molecule has 1 aliphatic rings. The standard InChI is InChI=1S/C13H19NO3S/c1-9(2)10-6-7-12(17-11-4-3-5-11)13(8-10)18(14,15)16/h6-9,11H,3-5H2,1-2H3,(H2,14,15,16). The first-order chi connectivity index (χ1) is 8.38. The number of benzene rings is 1. The van der Waals surface area contributed by atoms with Crippen LogP contribution in [0.25, 0.3) is 0 Å². The summed E-state index contributed by atoms with van der Waals surface area (Å²) in [6.07, 6.45) is 3.24. The Bertz CT molecular complexity index is 533. The van der Waals surface area contributed by atoms with Crippen LogP contribution in [0.4, 0.5) is 0 Å². The van der Waals surface area contributed by atoms with Gasteiger partial charge in [-0.15, -0.1) is 0 Å². The molecular formula is C13H19NO3S. The van der Waals surface area contributed by atoms with E-state index in [2.05, 4.69) is 0 Å². The maximum atomic E-state index is 11.6. The Labute approximate surface area is 108 Å². The molecule has 0 heterocycles. The Morgan fingerprint density at radius 1 is 1.33 bits per heavy atom. The maximum Gasteiger partial charge on any atom is 0.241 e. The van der Waals surface area contributed by atoms with Gasteiger partial charge in [0.2, 0.25) is 10.0 Å². The van der Waals surface area contributed by atoms with Gasteiger partial charge in [0.15, 0.2) is 0 Å². The van der Waals surface area contributed by atoms with Gasteiger partial charge < -0.3 is 4.74 Å². The highest BCUT2D eigenvalue weighted by molar-refractivity contribution is 7.89. The van der Waals surface area contributed by atoms with Crippen molar-refractivity contribution in [1.82, 2.24) is 0 Å². The van der Waals surface area contributed by atoms with E-state index in [1.165, 1.54) is 0 Å². The number of primary sulfonamides is 1. The molecule has 0 unspecified atom stereocenters. The van der Waals surface area contributed by atoms with Crippen LogP contribution >= 0.6 is 0 Å². The van der Waals surface area contributed by atoms with Crippen molar-refractivity contribution in [2.75, 3.05) is 0 Å². The molecule has 0 amide bonds. The summed E-state index contributed by atoms with van der Waals surface area (Å²) in [5.41, 5.74) is 0.944. The van der Waals surface area contributed by atoms with Crippen LogP contribution in [0, 0.1) is 0 Å². The number of hydrogen-bond donors (Lipinski definition) is 1. The van der Waals surface area contributed by atoms with E-state index in [1.54, 1.807) is 12.1 Å². The summed E-state index contributed by atoms with van der Waals surface area (Å²) in [7, 11) is -3.74. The van der Waals surface area contributed by atoms with Gasteiger partial charge in [0.25, 0.3) is 0 Å². The first-order valence-corrected chi connectivity index (χ1v) is 7.76. The highest BCUT2D eigenvalue weighted by atomic mass is 32.2. The van der Waals surface area contributed by atoms with E-state index in [9.17, 15) is 8.42 Å². The lowest BCUT2D eigenvalue weighted by atomic mass is 9.96. The largest absolute Gasteiger partial charge is 0.489 e. The van der Waals surface area contributed by atoms with Gasteiger partial charge in [-0.2, -0.15) is 0 Å². The van der Waals surface area contributed by atoms with Crippen LogP contribution < -0.4 is 9.88 Å². The van der Waals surface area contributed by atoms with Gasteiger partial charge in [-0.05, 0) is 42.9 Å². The van der Waals surface area contributed by atoms with Gasteiger partial charge in [0.1, 0.15) is 10.6 Å². The van der Waals surface area contributed by atoms with E-state index in [0.717, 1.165) is 24.8 Å². The fraction of sp³-hybridized carbons (Fsp3) is 0.538. The average molecular weight is 269 g/mol. The van der Waals surface area contributed by atoms with Crippen LogP contribution in [0.5, 0.6) is 5.75 Å². The molecule has 0 aliphatic heterocycles. The van der Waals surface area contributed by atoms with Crippen molar-refractivity contribution in [1.29, 1.82) is 0 Å². The quantitative estimate of drug-likeness (QED) is 0.912. The highest BCUT2D eigenvalue weighted by Crippen LogP contribution is 2.31. The summed E-state index contributed by atoms with van der Waals surface area (Å²) in [4.78, 5) is 0.0978. The molecule has 4 nitrogen and oxygen atoms in total. The molecule has 0 bridgehead atoms. The Morgan fingerprint density at radius 2 is 2.00 bits per heavy atom. The number of ether oxygens (including phenoxy) is 1. The van der Waals surface area contributed by atoms with Crippen LogP contribution in [0.15, 0.2) is 23.1 Å². The van der Waals surface area contributed by atoms with Crippen LogP contribution in [0.3, 0.4) is 0 Å². The van der Waals surface area contributed by atoms with Crippen molar-refractivity contribution in [3.8, 4) is 5.75 Å². The fourth-order valence-corrected chi connectivity index (χ4v) is 2.57. The van der Waals surface area contributed by atoms with Gasteiger partial charge in [-0.3, -0.25) is 0 Å². The molecule has 2 rings (SSSR count). The summed E-state index contributed by atoms with van der Waals surface area (Å²) in [6.45, 7) is 4.02. The highest BCUT2D eigenvalue weighted by Gasteiger charge is 2.23. The molecule has 1 aliphatic carbocycles. The van der Waals surface area contributed by atoms with E-state index in [-0.39, 0.29) is 16.9 Å². The second kappa shape index (κ2) is 4.90. The molecule has 1 aromatic rings. The summed E-state index contributed by atoms with van der Waals surface area (Å²) in [6, 6.07) is 5.23. The zero-order valence-corrected chi connectivity index (χ0v) is 11.5. The van der Waals surface area contributed by atoms with Crippen LogP contribution in [0.1, 0.15) is 44.6 Å². The minimum absolute atomic E-state index is 0.0978. The predicted octanol–water partition coefficient (Wildman–Crippen LogP) is 2.39. The van der Waals surface area contributed by atoms with Gasteiger partial charge in [0, 0.05) is 0 Å². The van der Waals surface area contributed by atoms with Crippen molar-refractivity contribution in [2.24, 2.45) is 5.14 Å². The molecule has 0 saturated heterocycles. The van der Waals surface area contributed by atoms with E-state index < -0.39 is 10.0 Å². The Balaban J connectivity index is 2.38. The second-order valence-electron chi connectivity index (χ2n) is 5.08. The zero-order chi connectivity index (χ0) is 13.3. The lowest BCUT2D eigenvalue weighted by molar-refractivity contribution is 0.116. The van der Waals surface area contributed by atoms with Crippen molar-refractivity contribution in [3.05, 3.63) is 23.8 Å². The predicted molar refractivity (Wildman–Crippen MR) is 70.2 cm³/mol. The molecule has 0 atom stereocenters. The smallest absolute Gasteiger partial charge is 0.241 e. The summed E-state index contributed by atoms with van der Waals surface area (Å²) >= 11 is 0. The first-order valence-electron chi connectivity index (χ1n) is 6.21. The van der Waals surface area contributed by atoms with Crippen molar-refractivity contribution in [3.63, 3.8) is 0 Å². The third-order valence-corrected chi connectivity index (χ3v) is 4.22. The topological polar surface area (TPSA) is 69.4 Å². The molecule has 0 spiro atoms. The van der Waals surface area contributed by atoms with Gasteiger partial charge in [-0.1, -0.05) is 19.9 Å². The van der Waals surface area contributed by atoms with E-state index in [0.29, 0.717) is 5.75 Å². The van der Waals surface area contributed by atoms with E-state index in [1.807, 2.05) is 19.9 Å². The molecule has 0 radical (unpaired) electrons. The Hall–Kier alpha value is -1.07. The van der Waals surface area contributed by atoms with E-state index in [4.69, 9.17) is 9.88 Å². The number of rotatable bonds is 4. The summed E-state index contributed by atoms with van der Waals surface area (Å²) in [5, 5.41) is 5.25. The molecule has 2 N–H and O–H groups in total. The maximum absolute atomic E-state index is 11.6. The lowest BCUT2D eigenvalue weighted by Gasteiger charge is -2.27. The van der Waals surface area contributed by atoms with Crippen molar-refractivity contribution in [2.45, 2.75) is 50.0 Å². The average Bonchev–Trinajstić information content (AvgIpc) is 2.22. The Morgan fingerprint density at radius 3 is 2.44 bits per heavy atom. The number of nitrogens with two attached hydrogens (primary N) is 1. The monoisotopic (exact) mass is 269 g/mol. The third-order valence-electron chi connectivity index (χ3n) is 3.29. The molecule has 0 aromatic heterocycles. The SMILES string of the molecule is CC(C)c1ccc(OC2CCC2)c(S(N)(=O)=O)c1. The minimum Gasteiger partial charge on any atom is -0.489 e. The Kier molecular flexibility index (Phi) is 3.64. The van der Waals surface area contributed by atoms with Crippen LogP contribution in [-0.4, -0.2) is 14.5 Å². The molecule has 100 valence electrons. The molecule has 1 saturated carbocycles. The minimum atomic E-state index is -3.74. The normalized spacial score (nSPS) is 16.7. The molecule has 1 aromatic carbocycles. The van der Waals surface area contributed by atoms with E-state index >= 15 is 0 Å². The molecule has 5 heteroatoms. The zero-order valence-electron chi connectivity index (χ0n) is 10.7. The first kappa shape index (κ1) is 13.4. The van der Waals surface area contributed by atoms with Crippen LogP contribution in [-0.2, 0) is 10.0 Å². The lowest BCUT2D eigenvalue weighted by Crippen LogP contribution is -2.26. The molecular weight excluding hydrogens is 250 g/mol. The van der Waals surface area contributed by atoms with Gasteiger partial charge in [-0.25, -0.2) is 13.6 Å².